The Bertz CT molecular complexity index is 617. The highest BCUT2D eigenvalue weighted by molar-refractivity contribution is 7.07. The molecule has 0 fully saturated rings. The maximum atomic E-state index is 11.8. The highest BCUT2D eigenvalue weighted by atomic mass is 35.5. The minimum atomic E-state index is -1.23. The normalized spacial score (nSPS) is 13.4. The second-order valence-corrected chi connectivity index (χ2v) is 6.22. The van der Waals surface area contributed by atoms with E-state index in [4.69, 9.17) is 11.6 Å². The molecule has 0 saturated heterocycles. The molecule has 1 unspecified atom stereocenters. The Morgan fingerprint density at radius 1 is 1.41 bits per heavy atom. The number of hydrogen-bond donors (Lipinski definition) is 3. The van der Waals surface area contributed by atoms with E-state index in [0.29, 0.717) is 23.6 Å². The van der Waals surface area contributed by atoms with E-state index < -0.39 is 5.60 Å². The van der Waals surface area contributed by atoms with Gasteiger partial charge in [0.15, 0.2) is 0 Å². The van der Waals surface area contributed by atoms with Gasteiger partial charge in [0.05, 0.1) is 17.7 Å². The number of aromatic nitrogens is 1. The minimum Gasteiger partial charge on any atom is -0.384 e. The molecule has 1 heterocycles. The summed E-state index contributed by atoms with van der Waals surface area (Å²) in [4.78, 5) is 15.9. The Labute approximate surface area is 138 Å². The van der Waals surface area contributed by atoms with Crippen LogP contribution in [0.15, 0.2) is 35.2 Å². The zero-order chi connectivity index (χ0) is 16.0. The lowest BCUT2D eigenvalue weighted by atomic mass is 9.96. The molecule has 2 amide bonds. The van der Waals surface area contributed by atoms with Gasteiger partial charge in [0, 0.05) is 28.9 Å². The number of hydrogen-bond acceptors (Lipinski definition) is 4. The molecule has 5 nitrogen and oxygen atoms in total. The summed E-state index contributed by atoms with van der Waals surface area (Å²) in [5.41, 5.74) is 2.06. The monoisotopic (exact) mass is 339 g/mol. The number of thiazole rings is 1. The maximum absolute atomic E-state index is 11.8. The number of benzene rings is 1. The number of carbonyl (C=O) groups excluding carboxylic acids is 1. The molecule has 0 aliphatic rings. The number of urea groups is 1. The Morgan fingerprint density at radius 3 is 2.86 bits per heavy atom. The standard InChI is InChI=1S/C15H18ClN3O2S/c1-15(21,12-4-2-3-5-13(12)16)9-18-14(20)17-7-6-11-8-22-10-19-11/h2-5,8,10,21H,6-7,9H2,1H3,(H2,17,18,20). The van der Waals surface area contributed by atoms with E-state index in [1.807, 2.05) is 5.38 Å². The van der Waals surface area contributed by atoms with E-state index in [9.17, 15) is 9.90 Å². The number of rotatable bonds is 6. The number of nitrogens with one attached hydrogen (secondary N) is 2. The van der Waals surface area contributed by atoms with Gasteiger partial charge in [-0.05, 0) is 13.0 Å². The summed E-state index contributed by atoms with van der Waals surface area (Å²) in [6.07, 6.45) is 0.678. The molecular formula is C15H18ClN3O2S. The number of aliphatic hydroxyl groups is 1. The van der Waals surface area contributed by atoms with Crippen molar-refractivity contribution in [2.45, 2.75) is 18.9 Å². The Kier molecular flexibility index (Phi) is 5.76. The first-order chi connectivity index (χ1) is 10.5. The van der Waals surface area contributed by atoms with Crippen molar-refractivity contribution in [1.82, 2.24) is 15.6 Å². The van der Waals surface area contributed by atoms with Gasteiger partial charge in [-0.3, -0.25) is 0 Å². The van der Waals surface area contributed by atoms with E-state index >= 15 is 0 Å². The van der Waals surface area contributed by atoms with Crippen molar-refractivity contribution in [2.24, 2.45) is 0 Å². The highest BCUT2D eigenvalue weighted by Gasteiger charge is 2.25. The maximum Gasteiger partial charge on any atom is 0.314 e. The summed E-state index contributed by atoms with van der Waals surface area (Å²) in [6, 6.07) is 6.70. The third-order valence-electron chi connectivity index (χ3n) is 3.20. The molecule has 1 aromatic carbocycles. The van der Waals surface area contributed by atoms with Gasteiger partial charge in [-0.15, -0.1) is 11.3 Å². The molecule has 0 spiro atoms. The van der Waals surface area contributed by atoms with Gasteiger partial charge in [-0.1, -0.05) is 29.8 Å². The first-order valence-electron chi connectivity index (χ1n) is 6.85. The quantitative estimate of drug-likeness (QED) is 0.757. The predicted octanol–water partition coefficient (Wildman–Crippen LogP) is 2.55. The van der Waals surface area contributed by atoms with Crippen molar-refractivity contribution in [3.05, 3.63) is 51.4 Å². The minimum absolute atomic E-state index is 0.0687. The van der Waals surface area contributed by atoms with E-state index in [1.54, 1.807) is 36.7 Å². The van der Waals surface area contributed by atoms with Gasteiger partial charge < -0.3 is 15.7 Å². The molecular weight excluding hydrogens is 322 g/mol. The van der Waals surface area contributed by atoms with Crippen LogP contribution in [0.5, 0.6) is 0 Å². The molecule has 0 aliphatic heterocycles. The molecule has 1 atom stereocenters. The first kappa shape index (κ1) is 16.7. The number of amides is 2. The van der Waals surface area contributed by atoms with Gasteiger partial charge in [-0.25, -0.2) is 9.78 Å². The van der Waals surface area contributed by atoms with Crippen molar-refractivity contribution in [2.75, 3.05) is 13.1 Å². The van der Waals surface area contributed by atoms with Crippen LogP contribution in [-0.4, -0.2) is 29.2 Å². The molecule has 22 heavy (non-hydrogen) atoms. The average Bonchev–Trinajstić information content (AvgIpc) is 2.99. The summed E-state index contributed by atoms with van der Waals surface area (Å²) in [5.74, 6) is 0. The molecule has 7 heteroatoms. The molecule has 1 aromatic heterocycles. The smallest absolute Gasteiger partial charge is 0.314 e. The molecule has 3 N–H and O–H groups in total. The molecule has 118 valence electrons. The zero-order valence-electron chi connectivity index (χ0n) is 12.2. The topological polar surface area (TPSA) is 74.2 Å². The van der Waals surface area contributed by atoms with E-state index in [0.717, 1.165) is 5.69 Å². The lowest BCUT2D eigenvalue weighted by Crippen LogP contribution is -2.44. The fourth-order valence-corrected chi connectivity index (χ4v) is 2.91. The average molecular weight is 340 g/mol. The molecule has 0 radical (unpaired) electrons. The van der Waals surface area contributed by atoms with Crippen LogP contribution in [0.25, 0.3) is 0 Å². The van der Waals surface area contributed by atoms with Crippen molar-refractivity contribution < 1.29 is 9.90 Å². The fraction of sp³-hybridized carbons (Fsp3) is 0.333. The molecule has 0 bridgehead atoms. The fourth-order valence-electron chi connectivity index (χ4n) is 1.97. The third-order valence-corrected chi connectivity index (χ3v) is 4.16. The van der Waals surface area contributed by atoms with Crippen LogP contribution >= 0.6 is 22.9 Å². The highest BCUT2D eigenvalue weighted by Crippen LogP contribution is 2.26. The number of carbonyl (C=O) groups is 1. The summed E-state index contributed by atoms with van der Waals surface area (Å²) in [7, 11) is 0. The van der Waals surface area contributed by atoms with Crippen molar-refractivity contribution in [1.29, 1.82) is 0 Å². The summed E-state index contributed by atoms with van der Waals surface area (Å²) >= 11 is 7.60. The largest absolute Gasteiger partial charge is 0.384 e. The number of halogens is 1. The third kappa shape index (κ3) is 4.69. The van der Waals surface area contributed by atoms with Crippen LogP contribution in [-0.2, 0) is 12.0 Å². The van der Waals surface area contributed by atoms with Crippen molar-refractivity contribution in [3.63, 3.8) is 0 Å². The summed E-state index contributed by atoms with van der Waals surface area (Å²) < 4.78 is 0. The van der Waals surface area contributed by atoms with Crippen molar-refractivity contribution in [3.8, 4) is 0 Å². The zero-order valence-corrected chi connectivity index (χ0v) is 13.7. The van der Waals surface area contributed by atoms with E-state index in [2.05, 4.69) is 15.6 Å². The summed E-state index contributed by atoms with van der Waals surface area (Å²) in [5, 5.41) is 18.3. The van der Waals surface area contributed by atoms with Crippen LogP contribution in [0.1, 0.15) is 18.2 Å². The number of nitrogens with zero attached hydrogens (tertiary/aromatic N) is 1. The Hall–Kier alpha value is -1.63. The second kappa shape index (κ2) is 7.58. The lowest BCUT2D eigenvalue weighted by Gasteiger charge is -2.25. The van der Waals surface area contributed by atoms with Gasteiger partial charge in [0.25, 0.3) is 0 Å². The van der Waals surface area contributed by atoms with Crippen LogP contribution in [0.3, 0.4) is 0 Å². The van der Waals surface area contributed by atoms with E-state index in [-0.39, 0.29) is 12.6 Å². The summed E-state index contributed by atoms with van der Waals surface area (Å²) in [6.45, 7) is 2.17. The van der Waals surface area contributed by atoms with Crippen LogP contribution in [0.4, 0.5) is 4.79 Å². The molecule has 2 aromatic rings. The van der Waals surface area contributed by atoms with Crippen molar-refractivity contribution >= 4 is 29.0 Å². The Morgan fingerprint density at radius 2 is 2.18 bits per heavy atom. The predicted molar refractivity (Wildman–Crippen MR) is 88.2 cm³/mol. The van der Waals surface area contributed by atoms with Crippen LogP contribution in [0.2, 0.25) is 5.02 Å². The molecule has 2 rings (SSSR count). The van der Waals surface area contributed by atoms with Gasteiger partial charge in [0.2, 0.25) is 0 Å². The lowest BCUT2D eigenvalue weighted by molar-refractivity contribution is 0.0595. The van der Waals surface area contributed by atoms with Gasteiger partial charge in [0.1, 0.15) is 5.60 Å². The first-order valence-corrected chi connectivity index (χ1v) is 8.17. The van der Waals surface area contributed by atoms with E-state index in [1.165, 1.54) is 11.3 Å². The SMILES string of the molecule is CC(O)(CNC(=O)NCCc1cscn1)c1ccccc1Cl. The molecule has 0 aliphatic carbocycles. The second-order valence-electron chi connectivity index (χ2n) is 5.09. The Balaban J connectivity index is 1.78. The van der Waals surface area contributed by atoms with Crippen LogP contribution in [0, 0.1) is 0 Å². The van der Waals surface area contributed by atoms with Gasteiger partial charge in [-0.2, -0.15) is 0 Å². The van der Waals surface area contributed by atoms with Crippen LogP contribution < -0.4 is 10.6 Å². The molecule has 0 saturated carbocycles. The van der Waals surface area contributed by atoms with Gasteiger partial charge >= 0.3 is 6.03 Å².